The molecular weight excluding hydrogens is 501 g/mol. The summed E-state index contributed by atoms with van der Waals surface area (Å²) in [4.78, 5) is 41.1. The van der Waals surface area contributed by atoms with Gasteiger partial charge in [-0.3, -0.25) is 0 Å². The summed E-state index contributed by atoms with van der Waals surface area (Å²) < 4.78 is 20.5. The normalized spacial score (nSPS) is 10.5. The Morgan fingerprint density at radius 3 is 1.04 bits per heavy atom. The van der Waals surface area contributed by atoms with Gasteiger partial charge >= 0.3 is 91.0 Å². The minimum absolute atomic E-state index is 0. The van der Waals surface area contributed by atoms with Crippen molar-refractivity contribution in [3.63, 3.8) is 0 Å². The van der Waals surface area contributed by atoms with E-state index in [0.717, 1.165) is 0 Å². The van der Waals surface area contributed by atoms with Gasteiger partial charge in [-0.15, -0.1) is 0 Å². The maximum atomic E-state index is 10.3. The molecule has 10 heteroatoms. The molecule has 0 saturated heterocycles. The second-order valence-electron chi connectivity index (χ2n) is 4.51. The summed E-state index contributed by atoms with van der Waals surface area (Å²) >= 11 is 0. The second kappa shape index (κ2) is 13.8. The first-order valence-corrected chi connectivity index (χ1v) is 9.71. The average molecular weight is 515 g/mol. The topological polar surface area (TPSA) is 126 Å². The summed E-state index contributed by atoms with van der Waals surface area (Å²) in [6, 6.07) is 16.8. The van der Waals surface area contributed by atoms with Crippen molar-refractivity contribution in [3.05, 3.63) is 71.8 Å². The van der Waals surface area contributed by atoms with Gasteiger partial charge < -0.3 is 28.7 Å². The maximum absolute atomic E-state index is 10.3. The van der Waals surface area contributed by atoms with Crippen LogP contribution in [0.2, 0.25) is 0 Å². The molecule has 0 aliphatic rings. The van der Waals surface area contributed by atoms with Crippen molar-refractivity contribution in [1.29, 1.82) is 0 Å². The van der Waals surface area contributed by atoms with Crippen LogP contribution in [-0.2, 0) is 21.5 Å². The van der Waals surface area contributed by atoms with Crippen molar-refractivity contribution < 1.29 is 28.7 Å². The monoisotopic (exact) mass is 516 g/mol. The van der Waals surface area contributed by atoms with E-state index in [1.165, 1.54) is 0 Å². The number of hydrogen-bond acceptors (Lipinski definition) is 6. The van der Waals surface area contributed by atoms with Crippen LogP contribution in [0.4, 0.5) is 0 Å². The van der Waals surface area contributed by atoms with Gasteiger partial charge in [0.2, 0.25) is 0 Å². The molecular formula is C14H14O6P2Sr2. The Morgan fingerprint density at radius 1 is 0.583 bits per heavy atom. The zero-order chi connectivity index (χ0) is 16.6. The van der Waals surface area contributed by atoms with Gasteiger partial charge in [0, 0.05) is 12.3 Å². The molecule has 0 radical (unpaired) electrons. The number of rotatable bonds is 4. The standard InChI is InChI=1S/2C7H9O3P.2Sr/c2*8-11(9,10)6-7-4-2-1-3-5-7;;/h2*1-5H,6H2,(H2,8,9,10);;/q;;2*+2/p-4. The van der Waals surface area contributed by atoms with Crippen molar-refractivity contribution in [2.45, 2.75) is 12.3 Å². The summed E-state index contributed by atoms with van der Waals surface area (Å²) in [6.07, 6.45) is -0.790. The molecule has 120 valence electrons. The minimum Gasteiger partial charge on any atom is -0.810 e. The van der Waals surface area contributed by atoms with E-state index in [0.29, 0.717) is 11.1 Å². The van der Waals surface area contributed by atoms with E-state index in [1.807, 2.05) is 0 Å². The molecule has 0 heterocycles. The fourth-order valence-electron chi connectivity index (χ4n) is 1.61. The van der Waals surface area contributed by atoms with Gasteiger partial charge in [-0.1, -0.05) is 75.9 Å². The fraction of sp³-hybridized carbons (Fsp3) is 0.143. The first kappa shape index (κ1) is 27.9. The summed E-state index contributed by atoms with van der Waals surface area (Å²) in [6.45, 7) is 0. The van der Waals surface area contributed by atoms with Crippen LogP contribution < -0.4 is 19.6 Å². The smallest absolute Gasteiger partial charge is 0.810 e. The molecule has 0 N–H and O–H groups in total. The van der Waals surface area contributed by atoms with Gasteiger partial charge in [0.25, 0.3) is 0 Å². The van der Waals surface area contributed by atoms with Crippen LogP contribution in [0.1, 0.15) is 11.1 Å². The predicted molar refractivity (Wildman–Crippen MR) is 87.0 cm³/mol. The Bertz CT molecular complexity index is 598. The van der Waals surface area contributed by atoms with Crippen LogP contribution >= 0.6 is 15.2 Å². The molecule has 0 amide bonds. The van der Waals surface area contributed by atoms with Crippen LogP contribution in [0.5, 0.6) is 0 Å². The van der Waals surface area contributed by atoms with Gasteiger partial charge in [0.1, 0.15) is 0 Å². The summed E-state index contributed by atoms with van der Waals surface area (Å²) in [5.41, 5.74) is 1.08. The zero-order valence-corrected chi connectivity index (χ0v) is 21.7. The Kier molecular flexibility index (Phi) is 16.1. The summed E-state index contributed by atoms with van der Waals surface area (Å²) in [7, 11) is -8.78. The quantitative estimate of drug-likeness (QED) is 0.397. The van der Waals surface area contributed by atoms with Crippen molar-refractivity contribution in [1.82, 2.24) is 0 Å². The van der Waals surface area contributed by atoms with Crippen molar-refractivity contribution in [2.75, 3.05) is 0 Å². The third kappa shape index (κ3) is 15.9. The van der Waals surface area contributed by atoms with Gasteiger partial charge in [-0.25, -0.2) is 0 Å². The first-order valence-electron chi connectivity index (χ1n) is 6.26. The van der Waals surface area contributed by atoms with E-state index in [4.69, 9.17) is 0 Å². The Hall–Kier alpha value is 1.70. The molecule has 2 aromatic carbocycles. The summed E-state index contributed by atoms with van der Waals surface area (Å²) in [5, 5.41) is 0. The van der Waals surface area contributed by atoms with E-state index in [-0.39, 0.29) is 91.0 Å². The van der Waals surface area contributed by atoms with Crippen LogP contribution in [0.15, 0.2) is 60.7 Å². The van der Waals surface area contributed by atoms with E-state index in [2.05, 4.69) is 0 Å². The molecule has 2 rings (SSSR count). The van der Waals surface area contributed by atoms with Crippen molar-refractivity contribution in [2.24, 2.45) is 0 Å². The molecule has 0 atom stereocenters. The third-order valence-electron chi connectivity index (χ3n) is 2.44. The fourth-order valence-corrected chi connectivity index (χ4v) is 2.93. The van der Waals surface area contributed by atoms with E-state index < -0.39 is 27.5 Å². The molecule has 0 aliphatic heterocycles. The maximum Gasteiger partial charge on any atom is 2.00 e. The number of benzene rings is 2. The van der Waals surface area contributed by atoms with Gasteiger partial charge in [0.05, 0.1) is 0 Å². The minimum atomic E-state index is -4.39. The van der Waals surface area contributed by atoms with Gasteiger partial charge in [-0.05, 0) is 11.1 Å². The largest absolute Gasteiger partial charge is 2.00 e. The molecule has 6 nitrogen and oxygen atoms in total. The average Bonchev–Trinajstić information content (AvgIpc) is 2.38. The van der Waals surface area contributed by atoms with Gasteiger partial charge in [0.15, 0.2) is 0 Å². The van der Waals surface area contributed by atoms with E-state index in [1.54, 1.807) is 60.7 Å². The third-order valence-corrected chi connectivity index (χ3v) is 3.94. The molecule has 0 bridgehead atoms. The molecule has 0 aliphatic carbocycles. The van der Waals surface area contributed by atoms with Crippen molar-refractivity contribution in [3.8, 4) is 0 Å². The predicted octanol–water partition coefficient (Wildman–Crippen LogP) is -0.561. The molecule has 0 fully saturated rings. The second-order valence-corrected chi connectivity index (χ2v) is 7.59. The van der Waals surface area contributed by atoms with E-state index in [9.17, 15) is 28.7 Å². The van der Waals surface area contributed by atoms with Gasteiger partial charge in [-0.2, -0.15) is 0 Å². The Labute approximate surface area is 215 Å². The van der Waals surface area contributed by atoms with Crippen LogP contribution in [0.25, 0.3) is 0 Å². The summed E-state index contributed by atoms with van der Waals surface area (Å²) in [5.74, 6) is 0. The van der Waals surface area contributed by atoms with Crippen LogP contribution in [0, 0.1) is 0 Å². The molecule has 24 heavy (non-hydrogen) atoms. The van der Waals surface area contributed by atoms with Crippen LogP contribution in [0.3, 0.4) is 0 Å². The molecule has 2 aromatic rings. The Balaban J connectivity index is 0. The van der Waals surface area contributed by atoms with Crippen LogP contribution in [-0.4, -0.2) is 91.0 Å². The number of hydrogen-bond donors (Lipinski definition) is 0. The SMILES string of the molecule is O=P([O-])([O-])Cc1ccccc1.O=P([O-])([O-])Cc1ccccc1.[Sr+2].[Sr+2]. The molecule has 0 saturated carbocycles. The zero-order valence-electron chi connectivity index (χ0n) is 12.9. The first-order chi connectivity index (χ1) is 10.2. The van der Waals surface area contributed by atoms with E-state index >= 15 is 0 Å². The van der Waals surface area contributed by atoms with Crippen molar-refractivity contribution >= 4 is 106 Å². The molecule has 0 spiro atoms. The molecule has 0 aromatic heterocycles. The Morgan fingerprint density at radius 2 is 0.833 bits per heavy atom. The molecule has 0 unspecified atom stereocenters.